The Balaban J connectivity index is 1.64. The molecule has 0 unspecified atom stereocenters. The molecule has 0 spiro atoms. The van der Waals surface area contributed by atoms with Gasteiger partial charge in [-0.25, -0.2) is 0 Å². The van der Waals surface area contributed by atoms with E-state index in [0.717, 1.165) is 11.8 Å². The largest absolute Gasteiger partial charge is 0.0533 e. The predicted octanol–water partition coefficient (Wildman–Crippen LogP) is 5.71. The molecule has 0 atom stereocenters. The number of rotatable bonds is 3. The molecule has 0 saturated heterocycles. The standard InChI is InChI=1S/C16H30/c1-2-6-10-15(9-5-1)13-14-16-11-7-3-4-8-12-16/h15-16H,1-14H2. The molecular weight excluding hydrogens is 192 g/mol. The van der Waals surface area contributed by atoms with Crippen molar-refractivity contribution in [2.75, 3.05) is 0 Å². The minimum absolute atomic E-state index is 1.10. The molecule has 2 aliphatic rings. The van der Waals surface area contributed by atoms with Crippen LogP contribution in [0.5, 0.6) is 0 Å². The fourth-order valence-electron chi connectivity index (χ4n) is 3.78. The van der Waals surface area contributed by atoms with Crippen LogP contribution in [0, 0.1) is 11.8 Å². The maximum absolute atomic E-state index is 1.56. The second kappa shape index (κ2) is 7.35. The van der Waals surface area contributed by atoms with Gasteiger partial charge in [0.1, 0.15) is 0 Å². The molecule has 94 valence electrons. The molecule has 0 aromatic heterocycles. The third-order valence-electron chi connectivity index (χ3n) is 4.93. The molecule has 0 aliphatic heterocycles. The normalized spacial score (nSPS) is 26.2. The first kappa shape index (κ1) is 12.5. The van der Waals surface area contributed by atoms with Crippen LogP contribution in [0.2, 0.25) is 0 Å². The van der Waals surface area contributed by atoms with Gasteiger partial charge in [-0.3, -0.25) is 0 Å². The summed E-state index contributed by atoms with van der Waals surface area (Å²) in [5.74, 6) is 2.21. The molecule has 2 aliphatic carbocycles. The summed E-state index contributed by atoms with van der Waals surface area (Å²) < 4.78 is 0. The minimum atomic E-state index is 1.10. The zero-order valence-electron chi connectivity index (χ0n) is 11.1. The summed E-state index contributed by atoms with van der Waals surface area (Å²) in [7, 11) is 0. The molecule has 0 nitrogen and oxygen atoms in total. The maximum atomic E-state index is 1.56. The molecule has 0 amide bonds. The Hall–Kier alpha value is 0. The van der Waals surface area contributed by atoms with Crippen LogP contribution in [0.4, 0.5) is 0 Å². The first-order valence-corrected chi connectivity index (χ1v) is 7.95. The summed E-state index contributed by atoms with van der Waals surface area (Å²) in [4.78, 5) is 0. The van der Waals surface area contributed by atoms with E-state index >= 15 is 0 Å². The van der Waals surface area contributed by atoms with Gasteiger partial charge in [-0.05, 0) is 11.8 Å². The predicted molar refractivity (Wildman–Crippen MR) is 71.6 cm³/mol. The number of hydrogen-bond donors (Lipinski definition) is 0. The third kappa shape index (κ3) is 4.47. The first-order chi connectivity index (χ1) is 7.95. The third-order valence-corrected chi connectivity index (χ3v) is 4.93. The van der Waals surface area contributed by atoms with E-state index < -0.39 is 0 Å². The molecule has 0 N–H and O–H groups in total. The lowest BCUT2D eigenvalue weighted by molar-refractivity contribution is 0.341. The van der Waals surface area contributed by atoms with Gasteiger partial charge in [0.05, 0.1) is 0 Å². The first-order valence-electron chi connectivity index (χ1n) is 7.95. The second-order valence-corrected chi connectivity index (χ2v) is 6.29. The van der Waals surface area contributed by atoms with Crippen LogP contribution >= 0.6 is 0 Å². The summed E-state index contributed by atoms with van der Waals surface area (Å²) >= 11 is 0. The van der Waals surface area contributed by atoms with Crippen LogP contribution in [0.3, 0.4) is 0 Å². The highest BCUT2D eigenvalue weighted by molar-refractivity contribution is 4.69. The van der Waals surface area contributed by atoms with Crippen LogP contribution in [0.25, 0.3) is 0 Å². The zero-order valence-corrected chi connectivity index (χ0v) is 11.1. The van der Waals surface area contributed by atoms with Crippen molar-refractivity contribution in [2.24, 2.45) is 11.8 Å². The second-order valence-electron chi connectivity index (χ2n) is 6.29. The summed E-state index contributed by atoms with van der Waals surface area (Å²) in [6.07, 6.45) is 21.5. The van der Waals surface area contributed by atoms with Gasteiger partial charge < -0.3 is 0 Å². The molecule has 0 heterocycles. The van der Waals surface area contributed by atoms with Gasteiger partial charge in [0.15, 0.2) is 0 Å². The average molecular weight is 222 g/mol. The molecule has 0 heteroatoms. The summed E-state index contributed by atoms with van der Waals surface area (Å²) in [5.41, 5.74) is 0. The van der Waals surface area contributed by atoms with Gasteiger partial charge in [-0.15, -0.1) is 0 Å². The average Bonchev–Trinajstić information content (AvgIpc) is 2.71. The highest BCUT2D eigenvalue weighted by Crippen LogP contribution is 2.32. The van der Waals surface area contributed by atoms with Crippen molar-refractivity contribution >= 4 is 0 Å². The van der Waals surface area contributed by atoms with E-state index in [1.54, 1.807) is 38.5 Å². The SMILES string of the molecule is C1CCCC(CCC2CCCCCC2)CC1. The van der Waals surface area contributed by atoms with Crippen LogP contribution in [0.15, 0.2) is 0 Å². The Morgan fingerprint density at radius 3 is 1.06 bits per heavy atom. The van der Waals surface area contributed by atoms with Gasteiger partial charge in [0, 0.05) is 0 Å². The van der Waals surface area contributed by atoms with Crippen molar-refractivity contribution in [1.82, 2.24) is 0 Å². The molecule has 2 saturated carbocycles. The van der Waals surface area contributed by atoms with Crippen LogP contribution in [-0.2, 0) is 0 Å². The maximum Gasteiger partial charge on any atom is -0.0414 e. The van der Waals surface area contributed by atoms with Gasteiger partial charge in [-0.2, -0.15) is 0 Å². The highest BCUT2D eigenvalue weighted by atomic mass is 14.2. The molecule has 2 rings (SSSR count). The van der Waals surface area contributed by atoms with Crippen molar-refractivity contribution in [2.45, 2.75) is 89.9 Å². The highest BCUT2D eigenvalue weighted by Gasteiger charge is 2.16. The monoisotopic (exact) mass is 222 g/mol. The van der Waals surface area contributed by atoms with Crippen molar-refractivity contribution in [3.05, 3.63) is 0 Å². The van der Waals surface area contributed by atoms with Crippen molar-refractivity contribution in [3.8, 4) is 0 Å². The molecule has 0 bridgehead atoms. The number of hydrogen-bond acceptors (Lipinski definition) is 0. The van der Waals surface area contributed by atoms with E-state index in [9.17, 15) is 0 Å². The lowest BCUT2D eigenvalue weighted by Gasteiger charge is -2.18. The van der Waals surface area contributed by atoms with Crippen molar-refractivity contribution in [3.63, 3.8) is 0 Å². The smallest absolute Gasteiger partial charge is 0.0414 e. The van der Waals surface area contributed by atoms with Gasteiger partial charge in [0.25, 0.3) is 0 Å². The Morgan fingerprint density at radius 1 is 0.438 bits per heavy atom. The van der Waals surface area contributed by atoms with Gasteiger partial charge >= 0.3 is 0 Å². The van der Waals surface area contributed by atoms with Gasteiger partial charge in [0.2, 0.25) is 0 Å². The lowest BCUT2D eigenvalue weighted by atomic mass is 9.87. The van der Waals surface area contributed by atoms with Gasteiger partial charge in [-0.1, -0.05) is 89.9 Å². The molecule has 2 fully saturated rings. The van der Waals surface area contributed by atoms with E-state index in [1.165, 1.54) is 51.4 Å². The van der Waals surface area contributed by atoms with E-state index in [1.807, 2.05) is 0 Å². The molecule has 16 heavy (non-hydrogen) atoms. The summed E-state index contributed by atoms with van der Waals surface area (Å²) in [5, 5.41) is 0. The van der Waals surface area contributed by atoms with Crippen LogP contribution < -0.4 is 0 Å². The topological polar surface area (TPSA) is 0 Å². The van der Waals surface area contributed by atoms with Crippen molar-refractivity contribution in [1.29, 1.82) is 0 Å². The lowest BCUT2D eigenvalue weighted by Crippen LogP contribution is -2.05. The van der Waals surface area contributed by atoms with E-state index in [2.05, 4.69) is 0 Å². The molecule has 0 aromatic rings. The van der Waals surface area contributed by atoms with E-state index in [4.69, 9.17) is 0 Å². The Bertz CT molecular complexity index is 137. The Kier molecular flexibility index (Phi) is 5.72. The zero-order chi connectivity index (χ0) is 11.1. The van der Waals surface area contributed by atoms with Crippen molar-refractivity contribution < 1.29 is 0 Å². The van der Waals surface area contributed by atoms with E-state index in [-0.39, 0.29) is 0 Å². The Morgan fingerprint density at radius 2 is 0.750 bits per heavy atom. The Labute approximate surface area is 102 Å². The fourth-order valence-corrected chi connectivity index (χ4v) is 3.78. The summed E-state index contributed by atoms with van der Waals surface area (Å²) in [6.45, 7) is 0. The van der Waals surface area contributed by atoms with E-state index in [0.29, 0.717) is 0 Å². The van der Waals surface area contributed by atoms with Crippen LogP contribution in [-0.4, -0.2) is 0 Å². The minimum Gasteiger partial charge on any atom is -0.0533 e. The molecular formula is C16H30. The van der Waals surface area contributed by atoms with Crippen LogP contribution in [0.1, 0.15) is 89.9 Å². The molecule has 0 radical (unpaired) electrons. The molecule has 0 aromatic carbocycles. The fraction of sp³-hybridized carbons (Fsp3) is 1.00. The summed E-state index contributed by atoms with van der Waals surface area (Å²) in [6, 6.07) is 0. The quantitative estimate of drug-likeness (QED) is 0.537.